The van der Waals surface area contributed by atoms with Crippen LogP contribution in [0.2, 0.25) is 0 Å². The molecule has 0 aromatic carbocycles. The van der Waals surface area contributed by atoms with E-state index in [-0.39, 0.29) is 184 Å². The van der Waals surface area contributed by atoms with E-state index in [1.807, 2.05) is 18.9 Å². The van der Waals surface area contributed by atoms with E-state index in [9.17, 15) is 4.79 Å². The van der Waals surface area contributed by atoms with Gasteiger partial charge in [-0.1, -0.05) is 45.6 Å². The summed E-state index contributed by atoms with van der Waals surface area (Å²) in [5.74, 6) is 7.46. The summed E-state index contributed by atoms with van der Waals surface area (Å²) < 4.78 is 0.235. The second-order valence-electron chi connectivity index (χ2n) is 25.7. The van der Waals surface area contributed by atoms with Crippen molar-refractivity contribution < 1.29 is 131 Å². The van der Waals surface area contributed by atoms with Crippen molar-refractivity contribution in [2.75, 3.05) is 119 Å². The number of hydrogen-bond acceptors (Lipinski definition) is 55. The minimum atomic E-state index is -0.598. The molecule has 6 aliphatic rings. The average Bonchev–Trinajstić information content (AvgIpc) is 1.72. The second kappa shape index (κ2) is 83.5. The maximum Gasteiger partial charge on any atom is 0.380 e. The molecule has 16 heterocycles. The van der Waals surface area contributed by atoms with Gasteiger partial charge in [0.25, 0.3) is 29.7 Å². The molecule has 61 heteroatoms. The fourth-order valence-corrected chi connectivity index (χ4v) is 10.3. The van der Waals surface area contributed by atoms with Crippen LogP contribution in [0.3, 0.4) is 0 Å². The van der Waals surface area contributed by atoms with Crippen LogP contribution in [-0.4, -0.2) is 296 Å². The van der Waals surface area contributed by atoms with Crippen molar-refractivity contribution in [2.24, 2.45) is 28.7 Å². The van der Waals surface area contributed by atoms with Gasteiger partial charge in [-0.3, -0.25) is 0 Å². The number of rotatable bonds is 15. The molecule has 0 spiro atoms. The third-order valence-electron chi connectivity index (χ3n) is 15.6. The van der Waals surface area contributed by atoms with Gasteiger partial charge >= 0.3 is 5.69 Å². The topological polar surface area (TPSA) is 813 Å². The first-order valence-corrected chi connectivity index (χ1v) is 41.1. The van der Waals surface area contributed by atoms with E-state index in [1.54, 1.807) is 0 Å². The molecule has 0 aliphatic carbocycles. The van der Waals surface area contributed by atoms with Gasteiger partial charge < -0.3 is 151 Å². The molecule has 0 bridgehead atoms. The number of aryl methyl sites for hydroxylation is 2. The standard InChI is InChI=1S/C12H20N6.C11H19N7.C10H16N6.C8H14N4.C6H12N6.C3H6N6.2C3H7.C2H3N5O.C2H3N5S.2C2N4.2C2H6N.4Y/c1-3-7-13-9(5-1)11-15-17-12(18-16-11)10-6-2-4-8-14-10;1-2-6-17(7-3-1)10-13-15-11(16-14-10)18-8-4-12-5-9-18;1-3-7(11-5-1)9-13-15-10(16-14-9)8-4-2-6-12-8;1-3-5-7-9-11-8(6-4-2)12-10-7;7-3-1-5-9-11-6(2-4-8)12-10-5;4-1-2-6-8-3(5)9-7-2;2*1-3-2;2*3-1-4-6-2(8)7-5-1;2*1-3-5-2-6-4-1;2*1-2-3;;;;/h9-10,13-14H,1-8H2;12H,1-9H2;7-8,11-12H,1-6H2;3-6H2,1-2H3;1-4,7-8H2;1,4H2,(H2,5,8,9);2*1,3H2,2H3;2*(H2,3,4,5)(H,6,7,8);;;2*1-3H2;;;;/q;;;;;;2*-1;;;2*-2;2*-1;;;;. The van der Waals surface area contributed by atoms with E-state index < -0.39 is 5.69 Å². The minimum absolute atomic E-state index is 0. The van der Waals surface area contributed by atoms with E-state index in [0.29, 0.717) is 68.4 Å². The van der Waals surface area contributed by atoms with Crippen LogP contribution in [0.5, 0.6) is 0 Å². The first-order chi connectivity index (χ1) is 61.1. The van der Waals surface area contributed by atoms with Crippen LogP contribution in [0.25, 0.3) is 0 Å². The molecular weight excluding hydrogens is 1990 g/mol. The molecule has 6 aliphatic heterocycles. The minimum Gasteiger partial charge on any atom is -0.388 e. The predicted molar refractivity (Wildman–Crippen MR) is 457 cm³/mol. The van der Waals surface area contributed by atoms with Crippen LogP contribution in [0.1, 0.15) is 213 Å². The zero-order valence-corrected chi connectivity index (χ0v) is 85.9. The zero-order valence-electron chi connectivity index (χ0n) is 73.7. The number of nitrogens with one attached hydrogen (secondary N) is 7. The average molecular weight is 2110 g/mol. The molecule has 23 N–H and O–H groups in total. The number of aromatic amines is 2. The predicted octanol–water partition coefficient (Wildman–Crippen LogP) is -4.18. The molecular formula is C68H119N55OSY4-8. The number of hydrogen-bond donors (Lipinski definition) is 15. The van der Waals surface area contributed by atoms with Crippen LogP contribution in [0, 0.1) is 57.8 Å². The largest absolute Gasteiger partial charge is 0.388 e. The molecule has 10 aromatic heterocycles. The third-order valence-corrected chi connectivity index (χ3v) is 15.8. The number of nitrogen functional groups attached to an aromatic ring is 3. The quantitative estimate of drug-likeness (QED) is 0.0342. The smallest absolute Gasteiger partial charge is 0.380 e. The molecule has 129 heavy (non-hydrogen) atoms. The number of anilines is 5. The summed E-state index contributed by atoms with van der Waals surface area (Å²) in [4.78, 5) is 14.4. The number of H-pyrrole nitrogens is 2. The van der Waals surface area contributed by atoms with Gasteiger partial charge in [-0.25, -0.2) is 40.3 Å². The summed E-state index contributed by atoms with van der Waals surface area (Å²) in [5.41, 5.74) is 39.8. The molecule has 4 atom stereocenters. The van der Waals surface area contributed by atoms with Gasteiger partial charge in [0, 0.05) is 196 Å². The van der Waals surface area contributed by atoms with E-state index in [1.165, 1.54) is 57.8 Å². The Hall–Kier alpha value is -7.56. The molecule has 0 saturated carbocycles. The molecule has 56 nitrogen and oxygen atoms in total. The molecule has 6 saturated heterocycles. The van der Waals surface area contributed by atoms with Gasteiger partial charge in [-0.05, 0) is 135 Å². The van der Waals surface area contributed by atoms with E-state index in [0.717, 1.165) is 165 Å². The van der Waals surface area contributed by atoms with Crippen LogP contribution in [-0.2, 0) is 163 Å². The van der Waals surface area contributed by atoms with E-state index >= 15 is 0 Å². The molecule has 4 radical (unpaired) electrons. The number of nitrogens with zero attached hydrogens (tertiary/aromatic N) is 40. The third kappa shape index (κ3) is 59.5. The number of piperazine rings is 1. The fraction of sp³-hybridized carbons (Fsp3) is 0.647. The molecule has 6 fully saturated rings. The van der Waals surface area contributed by atoms with Crippen molar-refractivity contribution in [3.05, 3.63) is 121 Å². The normalized spacial score (nSPS) is 15.7. The Morgan fingerprint density at radius 1 is 0.349 bits per heavy atom. The van der Waals surface area contributed by atoms with Crippen LogP contribution < -0.4 is 87.9 Å². The van der Waals surface area contributed by atoms with Gasteiger partial charge in [0.2, 0.25) is 4.77 Å². The summed E-state index contributed by atoms with van der Waals surface area (Å²) in [6.07, 6.45) is 31.0. The molecule has 698 valence electrons. The Labute approximate surface area is 856 Å². The van der Waals surface area contributed by atoms with Crippen molar-refractivity contribution in [1.29, 1.82) is 0 Å². The van der Waals surface area contributed by atoms with Crippen molar-refractivity contribution >= 4 is 42.0 Å². The summed E-state index contributed by atoms with van der Waals surface area (Å²) in [7, 11) is 0. The summed E-state index contributed by atoms with van der Waals surface area (Å²) in [5, 5.41) is 162. The van der Waals surface area contributed by atoms with E-state index in [4.69, 9.17) is 45.9 Å². The molecule has 0 amide bonds. The SMILES string of the molecule is C1CCC(c2nnc(C3CCCCN3)nn2)NC1.C1CCN(c2nnc(N3CCNCC3)nn2)CC1.C1CNC(c2nnc(C3CCCN3)nn2)C1.CCCc1nnc(CCC)nn1.NCCc1nnc(CCN)nn1.NCc1nnc(N)nn1.Nc1nnc(=O)[nH]n1.Nc1nnc(=S)[nH]n1.[CH2-]CC.[CH2-]CC.[CH2-]CN.[CH2-]CN.[Y].[Y].[Y].[Y].[c-]1nn[c-]nn1.[c-]1nn[c-]nn1. The van der Waals surface area contributed by atoms with Gasteiger partial charge in [0.05, 0.1) is 30.7 Å². The maximum atomic E-state index is 10.1. The van der Waals surface area contributed by atoms with Crippen LogP contribution in [0.15, 0.2) is 4.79 Å². The monoisotopic (exact) mass is 2110 g/mol. The second-order valence-corrected chi connectivity index (χ2v) is 26.1. The number of piperidine rings is 3. The van der Waals surface area contributed by atoms with Crippen LogP contribution >= 0.6 is 12.2 Å². The Bertz CT molecular complexity index is 3770. The van der Waals surface area contributed by atoms with Crippen molar-refractivity contribution in [3.8, 4) is 0 Å². The molecule has 16 rings (SSSR count). The first-order valence-electron chi connectivity index (χ1n) is 40.7. The molecule has 10 aromatic rings. The van der Waals surface area contributed by atoms with Gasteiger partial charge in [0.1, 0.15) is 0 Å². The molecule has 4 unspecified atom stereocenters. The zero-order chi connectivity index (χ0) is 90.8. The Morgan fingerprint density at radius 3 is 0.899 bits per heavy atom. The van der Waals surface area contributed by atoms with E-state index in [2.05, 4.69) is 314 Å². The number of aromatic nitrogens is 40. The maximum absolute atomic E-state index is 10.1. The van der Waals surface area contributed by atoms with Gasteiger partial charge in [-0.15, -0.1) is 161 Å². The fourth-order valence-electron chi connectivity index (χ4n) is 10.2. The van der Waals surface area contributed by atoms with Crippen molar-refractivity contribution in [1.82, 2.24) is 231 Å². The summed E-state index contributed by atoms with van der Waals surface area (Å²) in [6, 6.07) is 0.996. The Balaban J connectivity index is 0. The van der Waals surface area contributed by atoms with Crippen molar-refractivity contribution in [3.63, 3.8) is 0 Å². The van der Waals surface area contributed by atoms with Gasteiger partial charge in [-0.2, -0.15) is 12.8 Å². The van der Waals surface area contributed by atoms with Crippen molar-refractivity contribution in [2.45, 2.75) is 193 Å². The summed E-state index contributed by atoms with van der Waals surface area (Å²) >= 11 is 4.52. The van der Waals surface area contributed by atoms with Gasteiger partial charge in [0.15, 0.2) is 52.4 Å². The van der Waals surface area contributed by atoms with Crippen LogP contribution in [0.4, 0.5) is 29.7 Å². The summed E-state index contributed by atoms with van der Waals surface area (Å²) in [6.45, 7) is 34.0. The Kier molecular flexibility index (Phi) is 79.9. The first kappa shape index (κ1) is 123. The number of nitrogens with two attached hydrogens (primary N) is 8. The Morgan fingerprint density at radius 2 is 0.643 bits per heavy atom.